The van der Waals surface area contributed by atoms with Gasteiger partial charge >= 0.3 is 0 Å². The maximum absolute atomic E-state index is 13.6. The normalized spacial score (nSPS) is 14.7. The molecule has 0 N–H and O–H groups in total. The molecule has 5 nitrogen and oxygen atoms in total. The number of fused-ring (bicyclic) bond motifs is 3. The Morgan fingerprint density at radius 2 is 1.90 bits per heavy atom. The van der Waals surface area contributed by atoms with Crippen LogP contribution in [0.1, 0.15) is 45.6 Å². The summed E-state index contributed by atoms with van der Waals surface area (Å²) in [6.07, 6.45) is 4.12. The third-order valence-electron chi connectivity index (χ3n) is 5.83. The Morgan fingerprint density at radius 1 is 1.07 bits per heavy atom. The Morgan fingerprint density at radius 3 is 2.79 bits per heavy atom. The average Bonchev–Trinajstić information content (AvgIpc) is 3.19. The number of ether oxygens (including phenoxy) is 2. The van der Waals surface area contributed by atoms with Crippen LogP contribution >= 0.6 is 0 Å². The van der Waals surface area contributed by atoms with Gasteiger partial charge in [-0.1, -0.05) is 17.7 Å². The molecule has 0 saturated heterocycles. The van der Waals surface area contributed by atoms with Crippen molar-refractivity contribution in [2.45, 2.75) is 39.2 Å². The molecule has 2 aliphatic rings. The van der Waals surface area contributed by atoms with E-state index in [4.69, 9.17) is 14.5 Å². The number of benzene rings is 2. The first-order valence-electron chi connectivity index (χ1n) is 10.2. The van der Waals surface area contributed by atoms with Crippen LogP contribution in [0.3, 0.4) is 0 Å². The van der Waals surface area contributed by atoms with E-state index in [1.807, 2.05) is 31.3 Å². The van der Waals surface area contributed by atoms with Gasteiger partial charge in [-0.05, 0) is 68.0 Å². The number of hydrogen-bond donors (Lipinski definition) is 0. The molecule has 0 radical (unpaired) electrons. The number of aryl methyl sites for hydroxylation is 2. The lowest BCUT2D eigenvalue weighted by atomic mass is 9.89. The van der Waals surface area contributed by atoms with Crippen molar-refractivity contribution in [3.8, 4) is 11.5 Å². The number of carbonyl (C=O) groups is 1. The van der Waals surface area contributed by atoms with Crippen molar-refractivity contribution in [3.05, 3.63) is 64.3 Å². The van der Waals surface area contributed by atoms with Crippen molar-refractivity contribution in [2.24, 2.45) is 0 Å². The maximum Gasteiger partial charge on any atom is 0.254 e. The summed E-state index contributed by atoms with van der Waals surface area (Å²) in [6.45, 7) is 2.82. The van der Waals surface area contributed by atoms with Crippen LogP contribution in [0.25, 0.3) is 10.9 Å². The third kappa shape index (κ3) is 3.20. The fourth-order valence-electron chi connectivity index (χ4n) is 4.36. The zero-order chi connectivity index (χ0) is 20.0. The molecule has 5 rings (SSSR count). The number of rotatable bonds is 3. The van der Waals surface area contributed by atoms with Crippen LogP contribution in [-0.2, 0) is 19.4 Å². The molecular weight excluding hydrogens is 364 g/mol. The topological polar surface area (TPSA) is 51.7 Å². The molecule has 0 bridgehead atoms. The number of aromatic nitrogens is 1. The predicted molar refractivity (Wildman–Crippen MR) is 111 cm³/mol. The van der Waals surface area contributed by atoms with Crippen LogP contribution < -0.4 is 9.47 Å². The van der Waals surface area contributed by atoms with Crippen LogP contribution in [0.5, 0.6) is 11.5 Å². The van der Waals surface area contributed by atoms with E-state index < -0.39 is 0 Å². The summed E-state index contributed by atoms with van der Waals surface area (Å²) in [5.41, 5.74) is 6.13. The number of nitrogens with zero attached hydrogens (tertiary/aromatic N) is 2. The summed E-state index contributed by atoms with van der Waals surface area (Å²) in [4.78, 5) is 20.3. The van der Waals surface area contributed by atoms with Crippen LogP contribution in [-0.4, -0.2) is 29.6 Å². The van der Waals surface area contributed by atoms with Gasteiger partial charge in [0, 0.05) is 24.7 Å². The lowest BCUT2D eigenvalue weighted by Gasteiger charge is -2.24. The molecule has 0 spiro atoms. The van der Waals surface area contributed by atoms with Gasteiger partial charge in [-0.2, -0.15) is 0 Å². The van der Waals surface area contributed by atoms with Gasteiger partial charge in [-0.3, -0.25) is 9.78 Å². The zero-order valence-electron chi connectivity index (χ0n) is 16.8. The fraction of sp³-hybridized carbons (Fsp3) is 0.333. The van der Waals surface area contributed by atoms with Crippen molar-refractivity contribution in [1.29, 1.82) is 0 Å². The Hall–Kier alpha value is -3.08. The fourth-order valence-corrected chi connectivity index (χ4v) is 4.36. The standard InChI is InChI=1S/C24H24N2O3/c1-15-7-9-20-18(11-15)23(17-5-3-4-6-19(17)25-20)24(27)26(2)13-16-8-10-21-22(12-16)29-14-28-21/h7-12H,3-6,13-14H2,1-2H3. The van der Waals surface area contributed by atoms with E-state index in [2.05, 4.69) is 19.1 Å². The number of carbonyl (C=O) groups excluding carboxylic acids is 1. The van der Waals surface area contributed by atoms with Crippen molar-refractivity contribution in [3.63, 3.8) is 0 Å². The minimum atomic E-state index is 0.0545. The first-order valence-corrected chi connectivity index (χ1v) is 10.2. The first-order chi connectivity index (χ1) is 14.1. The highest BCUT2D eigenvalue weighted by molar-refractivity contribution is 6.07. The number of pyridine rings is 1. The molecule has 2 heterocycles. The van der Waals surface area contributed by atoms with E-state index in [0.717, 1.165) is 76.0 Å². The molecule has 1 amide bonds. The van der Waals surface area contributed by atoms with Gasteiger partial charge in [0.15, 0.2) is 11.5 Å². The molecule has 3 aromatic rings. The lowest BCUT2D eigenvalue weighted by molar-refractivity contribution is 0.0785. The summed E-state index contributed by atoms with van der Waals surface area (Å²) in [6, 6.07) is 12.0. The SMILES string of the molecule is Cc1ccc2nc3c(c(C(=O)N(C)Cc4ccc5c(c4)OCO5)c2c1)CCCC3. The highest BCUT2D eigenvalue weighted by atomic mass is 16.7. The molecule has 0 atom stereocenters. The molecule has 0 unspecified atom stereocenters. The molecule has 5 heteroatoms. The van der Waals surface area contributed by atoms with E-state index in [-0.39, 0.29) is 12.7 Å². The van der Waals surface area contributed by atoms with E-state index >= 15 is 0 Å². The first kappa shape index (κ1) is 18.0. The monoisotopic (exact) mass is 388 g/mol. The van der Waals surface area contributed by atoms with Crippen molar-refractivity contribution in [2.75, 3.05) is 13.8 Å². The van der Waals surface area contributed by atoms with Gasteiger partial charge < -0.3 is 14.4 Å². The van der Waals surface area contributed by atoms with E-state index in [9.17, 15) is 4.79 Å². The van der Waals surface area contributed by atoms with Gasteiger partial charge in [0.2, 0.25) is 6.79 Å². The second kappa shape index (κ2) is 7.07. The lowest BCUT2D eigenvalue weighted by Crippen LogP contribution is -2.28. The summed E-state index contributed by atoms with van der Waals surface area (Å²) in [5, 5.41) is 0.966. The van der Waals surface area contributed by atoms with Gasteiger partial charge in [0.1, 0.15) is 0 Å². The maximum atomic E-state index is 13.6. The van der Waals surface area contributed by atoms with Gasteiger partial charge in [-0.15, -0.1) is 0 Å². The predicted octanol–water partition coefficient (Wildman–Crippen LogP) is 4.42. The average molecular weight is 388 g/mol. The highest BCUT2D eigenvalue weighted by Gasteiger charge is 2.25. The Balaban J connectivity index is 1.53. The molecule has 1 aliphatic carbocycles. The molecule has 148 valence electrons. The van der Waals surface area contributed by atoms with E-state index in [1.54, 1.807) is 4.90 Å². The molecule has 0 saturated carbocycles. The summed E-state index contributed by atoms with van der Waals surface area (Å²) >= 11 is 0. The van der Waals surface area contributed by atoms with Gasteiger partial charge in [0.05, 0.1) is 11.1 Å². The van der Waals surface area contributed by atoms with E-state index in [0.29, 0.717) is 6.54 Å². The van der Waals surface area contributed by atoms with E-state index in [1.165, 1.54) is 0 Å². The van der Waals surface area contributed by atoms with Crippen LogP contribution in [0.4, 0.5) is 0 Å². The molecule has 0 fully saturated rings. The van der Waals surface area contributed by atoms with Gasteiger partial charge in [0.25, 0.3) is 5.91 Å². The highest BCUT2D eigenvalue weighted by Crippen LogP contribution is 2.34. The van der Waals surface area contributed by atoms with Crippen LogP contribution in [0, 0.1) is 6.92 Å². The quantitative estimate of drug-likeness (QED) is 0.666. The van der Waals surface area contributed by atoms with Crippen LogP contribution in [0.15, 0.2) is 36.4 Å². The Bertz CT molecular complexity index is 1120. The summed E-state index contributed by atoms with van der Waals surface area (Å²) < 4.78 is 10.9. The van der Waals surface area contributed by atoms with Gasteiger partial charge in [-0.25, -0.2) is 0 Å². The smallest absolute Gasteiger partial charge is 0.254 e. The molecular formula is C24H24N2O3. The third-order valence-corrected chi connectivity index (χ3v) is 5.83. The molecule has 29 heavy (non-hydrogen) atoms. The van der Waals surface area contributed by atoms with Crippen LogP contribution in [0.2, 0.25) is 0 Å². The zero-order valence-corrected chi connectivity index (χ0v) is 16.8. The second-order valence-corrected chi connectivity index (χ2v) is 7.99. The second-order valence-electron chi connectivity index (χ2n) is 7.99. The number of hydrogen-bond acceptors (Lipinski definition) is 4. The van der Waals surface area contributed by atoms with Crippen molar-refractivity contribution in [1.82, 2.24) is 9.88 Å². The minimum absolute atomic E-state index is 0.0545. The molecule has 1 aliphatic heterocycles. The molecule has 2 aromatic carbocycles. The Kier molecular flexibility index (Phi) is 4.38. The van der Waals surface area contributed by atoms with Crippen molar-refractivity contribution >= 4 is 16.8 Å². The van der Waals surface area contributed by atoms with Crippen molar-refractivity contribution < 1.29 is 14.3 Å². The Labute approximate surface area is 170 Å². The summed E-state index contributed by atoms with van der Waals surface area (Å²) in [5.74, 6) is 1.55. The molecule has 1 aromatic heterocycles. The number of amides is 1. The largest absolute Gasteiger partial charge is 0.454 e. The summed E-state index contributed by atoms with van der Waals surface area (Å²) in [7, 11) is 1.87. The minimum Gasteiger partial charge on any atom is -0.454 e.